The molecule has 2 unspecified atom stereocenters. The molecule has 0 aliphatic carbocycles. The van der Waals surface area contributed by atoms with Crippen molar-refractivity contribution in [3.05, 3.63) is 69.5 Å². The Morgan fingerprint density at radius 3 is 2.60 bits per heavy atom. The van der Waals surface area contributed by atoms with Crippen LogP contribution in [0.25, 0.3) is 0 Å². The lowest BCUT2D eigenvalue weighted by atomic mass is 9.69. The van der Waals surface area contributed by atoms with Gasteiger partial charge in [0.05, 0.1) is 21.7 Å². The minimum absolute atomic E-state index is 0.0220. The van der Waals surface area contributed by atoms with E-state index in [-0.39, 0.29) is 21.9 Å². The number of hydrogen-bond donors (Lipinski definition) is 1. The molecule has 0 aromatic heterocycles. The summed E-state index contributed by atoms with van der Waals surface area (Å²) in [4.78, 5) is 10.7. The number of hydrogen-bond acceptors (Lipinski definition) is 5. The molecule has 1 aliphatic rings. The number of nitro benzene ring substituents is 1. The highest BCUT2D eigenvalue weighted by Crippen LogP contribution is 2.49. The Bertz CT molecular complexity index is 1060. The molecule has 1 N–H and O–H groups in total. The normalized spacial score (nSPS) is 25.3. The molecule has 162 valence electrons. The molecule has 2 aromatic rings. The Hall–Kier alpha value is -2.32. The largest absolute Gasteiger partial charge is 0.392 e. The van der Waals surface area contributed by atoms with Crippen molar-refractivity contribution in [3.8, 4) is 0 Å². The molecule has 0 spiro atoms. The van der Waals surface area contributed by atoms with Crippen molar-refractivity contribution in [1.29, 1.82) is 0 Å². The quantitative estimate of drug-likeness (QED) is 0.406. The van der Waals surface area contributed by atoms with Crippen LogP contribution in [0.1, 0.15) is 56.6 Å². The van der Waals surface area contributed by atoms with Crippen molar-refractivity contribution < 1.29 is 22.8 Å². The predicted molar refractivity (Wildman–Crippen MR) is 112 cm³/mol. The van der Waals surface area contributed by atoms with Crippen LogP contribution in [-0.4, -0.2) is 30.3 Å². The number of unbranched alkanes of at least 4 members (excludes halogenated alkanes) is 1. The van der Waals surface area contributed by atoms with Gasteiger partial charge in [0.25, 0.3) is 5.69 Å². The third kappa shape index (κ3) is 3.98. The maximum atomic E-state index is 14.2. The number of non-ortho nitro benzene ring substituents is 1. The van der Waals surface area contributed by atoms with E-state index in [9.17, 15) is 28.0 Å². The average molecular weight is 436 g/mol. The van der Waals surface area contributed by atoms with Gasteiger partial charge in [-0.1, -0.05) is 38.8 Å². The topological polar surface area (TPSA) is 97.5 Å². The van der Waals surface area contributed by atoms with Gasteiger partial charge in [0.2, 0.25) is 0 Å². The molecule has 0 saturated carbocycles. The van der Waals surface area contributed by atoms with Crippen molar-refractivity contribution in [2.75, 3.05) is 5.75 Å². The number of aliphatic hydroxyl groups excluding tert-OH is 1. The third-order valence-electron chi connectivity index (χ3n) is 6.24. The van der Waals surface area contributed by atoms with Crippen molar-refractivity contribution in [1.82, 2.24) is 0 Å². The molecule has 1 aliphatic heterocycles. The van der Waals surface area contributed by atoms with E-state index >= 15 is 0 Å². The number of aliphatic hydroxyl groups is 1. The molecule has 0 amide bonds. The Morgan fingerprint density at radius 2 is 1.97 bits per heavy atom. The van der Waals surface area contributed by atoms with Gasteiger partial charge in [0, 0.05) is 23.5 Å². The lowest BCUT2D eigenvalue weighted by Crippen LogP contribution is -2.42. The highest BCUT2D eigenvalue weighted by Gasteiger charge is 2.49. The fourth-order valence-electron chi connectivity index (χ4n) is 4.54. The molecule has 3 atom stereocenters. The van der Waals surface area contributed by atoms with E-state index in [0.29, 0.717) is 18.4 Å². The van der Waals surface area contributed by atoms with Crippen LogP contribution in [0.3, 0.4) is 0 Å². The molecule has 30 heavy (non-hydrogen) atoms. The summed E-state index contributed by atoms with van der Waals surface area (Å²) in [5.41, 5.74) is -0.565. The smallest absolute Gasteiger partial charge is 0.269 e. The van der Waals surface area contributed by atoms with E-state index in [1.165, 1.54) is 24.3 Å². The minimum Gasteiger partial charge on any atom is -0.392 e. The van der Waals surface area contributed by atoms with E-state index < -0.39 is 38.0 Å². The second-order valence-corrected chi connectivity index (χ2v) is 9.99. The van der Waals surface area contributed by atoms with E-state index in [0.717, 1.165) is 25.0 Å². The monoisotopic (exact) mass is 435 g/mol. The number of fused-ring (bicyclic) bond motifs is 1. The van der Waals surface area contributed by atoms with Gasteiger partial charge in [-0.3, -0.25) is 10.1 Å². The molecule has 0 fully saturated rings. The first-order valence-electron chi connectivity index (χ1n) is 10.1. The summed E-state index contributed by atoms with van der Waals surface area (Å²) >= 11 is 0. The van der Waals surface area contributed by atoms with Crippen LogP contribution in [-0.2, 0) is 9.84 Å². The van der Waals surface area contributed by atoms with Crippen molar-refractivity contribution >= 4 is 15.5 Å². The first-order chi connectivity index (χ1) is 14.1. The van der Waals surface area contributed by atoms with Crippen molar-refractivity contribution in [2.24, 2.45) is 5.41 Å². The molecule has 1 heterocycles. The Balaban J connectivity index is 2.31. The summed E-state index contributed by atoms with van der Waals surface area (Å²) in [5.74, 6) is -1.77. The highest BCUT2D eigenvalue weighted by molar-refractivity contribution is 7.91. The molecule has 6 nitrogen and oxygen atoms in total. The molecule has 3 rings (SSSR count). The van der Waals surface area contributed by atoms with E-state index in [1.807, 2.05) is 13.8 Å². The molecule has 0 bridgehead atoms. The van der Waals surface area contributed by atoms with E-state index in [1.54, 1.807) is 6.07 Å². The second-order valence-electron chi connectivity index (χ2n) is 8.04. The molecule has 0 saturated heterocycles. The molecule has 8 heteroatoms. The lowest BCUT2D eigenvalue weighted by molar-refractivity contribution is -0.384. The SMILES string of the molecule is CCCC[C@]1(CC)CS(=O)(=O)c2ccc(F)cc2C(c2cccc([N+](=O)[O-])c2)C1O. The first kappa shape index (κ1) is 22.4. The van der Waals surface area contributed by atoms with Gasteiger partial charge in [-0.15, -0.1) is 0 Å². The first-order valence-corrected chi connectivity index (χ1v) is 11.7. The number of benzene rings is 2. The van der Waals surface area contributed by atoms with Crippen LogP contribution in [0.2, 0.25) is 0 Å². The number of rotatable bonds is 6. The summed E-state index contributed by atoms with van der Waals surface area (Å²) < 4.78 is 40.8. The number of nitro groups is 1. The van der Waals surface area contributed by atoms with Crippen LogP contribution < -0.4 is 0 Å². The molecular weight excluding hydrogens is 409 g/mol. The predicted octanol–water partition coefficient (Wildman–Crippen LogP) is 4.60. The molecule has 0 radical (unpaired) electrons. The Morgan fingerprint density at radius 1 is 1.23 bits per heavy atom. The fraction of sp³-hybridized carbons (Fsp3) is 0.455. The van der Waals surface area contributed by atoms with Gasteiger partial charge in [-0.25, -0.2) is 12.8 Å². The summed E-state index contributed by atoms with van der Waals surface area (Å²) in [6, 6.07) is 9.25. The van der Waals surface area contributed by atoms with Gasteiger partial charge in [-0.2, -0.15) is 0 Å². The van der Waals surface area contributed by atoms with E-state index in [4.69, 9.17) is 0 Å². The van der Waals surface area contributed by atoms with Crippen LogP contribution in [0.4, 0.5) is 10.1 Å². The van der Waals surface area contributed by atoms with Crippen LogP contribution in [0.5, 0.6) is 0 Å². The third-order valence-corrected chi connectivity index (χ3v) is 8.23. The minimum atomic E-state index is -3.81. The maximum absolute atomic E-state index is 14.2. The lowest BCUT2D eigenvalue weighted by Gasteiger charge is -2.39. The average Bonchev–Trinajstić information content (AvgIpc) is 2.77. The fourth-order valence-corrected chi connectivity index (χ4v) is 6.79. The second kappa shape index (κ2) is 8.43. The molecule has 2 aromatic carbocycles. The van der Waals surface area contributed by atoms with Crippen LogP contribution in [0.15, 0.2) is 47.4 Å². The summed E-state index contributed by atoms with van der Waals surface area (Å²) in [6.07, 6.45) is 1.32. The summed E-state index contributed by atoms with van der Waals surface area (Å²) in [7, 11) is -3.81. The summed E-state index contributed by atoms with van der Waals surface area (Å²) in [5, 5.41) is 22.9. The van der Waals surface area contributed by atoms with Crippen molar-refractivity contribution in [3.63, 3.8) is 0 Å². The van der Waals surface area contributed by atoms with Crippen molar-refractivity contribution in [2.45, 2.75) is 56.4 Å². The number of sulfone groups is 1. The Kier molecular flexibility index (Phi) is 6.29. The van der Waals surface area contributed by atoms with Gasteiger partial charge in [0.15, 0.2) is 9.84 Å². The molecular formula is C22H26FNO5S. The summed E-state index contributed by atoms with van der Waals surface area (Å²) in [6.45, 7) is 3.83. The van der Waals surface area contributed by atoms with Gasteiger partial charge < -0.3 is 5.11 Å². The highest BCUT2D eigenvalue weighted by atomic mass is 32.2. The zero-order valence-electron chi connectivity index (χ0n) is 17.0. The van der Waals surface area contributed by atoms with Gasteiger partial charge in [-0.05, 0) is 42.2 Å². The number of halogens is 1. The standard InChI is InChI=1S/C22H26FNO5S/c1-3-5-11-22(4-2)14-30(28,29)19-10-9-16(23)13-18(19)20(21(22)25)15-7-6-8-17(12-15)24(26)27/h6-10,12-13,20-21,25H,3-5,11,14H2,1-2H3/t20?,21?,22-/m1/s1. The van der Waals surface area contributed by atoms with Crippen LogP contribution >= 0.6 is 0 Å². The van der Waals surface area contributed by atoms with Gasteiger partial charge >= 0.3 is 0 Å². The zero-order valence-corrected chi connectivity index (χ0v) is 17.9. The van der Waals surface area contributed by atoms with Gasteiger partial charge in [0.1, 0.15) is 5.82 Å². The van der Waals surface area contributed by atoms with E-state index in [2.05, 4.69) is 0 Å². The zero-order chi connectivity index (χ0) is 22.1. The number of nitrogens with zero attached hydrogens (tertiary/aromatic N) is 1. The Labute approximate surface area is 175 Å². The van der Waals surface area contributed by atoms with Crippen LogP contribution in [0, 0.1) is 21.3 Å². The maximum Gasteiger partial charge on any atom is 0.269 e.